The summed E-state index contributed by atoms with van der Waals surface area (Å²) in [7, 11) is 0. The monoisotopic (exact) mass is 2280 g/mol. The SMILES string of the molecule is CC(C)(C)C(O)CC(O)C(C)(C)C.CC(C)(C)C(O)CC(O)C(C)(C)C.CC(C)(C)C(O)CC(O)C(C)(C)C.CC(C)(C)c1c[c-]c(-c2ncc(-c3ccccc3)nc2-c2ccc(C(C)(C)C)cc2)cc1.CC(C)c1c[c-]c(-c2ncc(-c3ccccc3)nc2-c2ccc(C(C)C)cc2)cc1.Cc1nc(-c2[c-]cccc2)c(-c2ccccc2)nc1-c1ccccc1.[Ir].[Ir].[Ir]. The number of aliphatic hydroxyl groups excluding tert-OH is 6. The number of aromatic nitrogens is 6. The molecule has 0 saturated carbocycles. The van der Waals surface area contributed by atoms with E-state index in [0.717, 1.165) is 107 Å². The van der Waals surface area contributed by atoms with Crippen molar-refractivity contribution in [3.05, 3.63) is 289 Å². The van der Waals surface area contributed by atoms with E-state index in [2.05, 4.69) is 221 Å². The van der Waals surface area contributed by atoms with Gasteiger partial charge in [-0.1, -0.05) is 370 Å². The first-order valence-corrected chi connectivity index (χ1v) is 44.8. The maximum absolute atomic E-state index is 9.76. The van der Waals surface area contributed by atoms with E-state index in [1.54, 1.807) is 0 Å². The maximum atomic E-state index is 9.76. The van der Waals surface area contributed by atoms with E-state index >= 15 is 0 Å². The summed E-state index contributed by atoms with van der Waals surface area (Å²) < 4.78 is 0. The van der Waals surface area contributed by atoms with Crippen molar-refractivity contribution < 1.29 is 91.0 Å². The summed E-state index contributed by atoms with van der Waals surface area (Å²) in [6.45, 7) is 59.8. The van der Waals surface area contributed by atoms with E-state index in [1.807, 2.05) is 241 Å². The summed E-state index contributed by atoms with van der Waals surface area (Å²) in [5.41, 5.74) is 22.5. The summed E-state index contributed by atoms with van der Waals surface area (Å²) in [5, 5.41) is 58.6. The molecular formula is C114H147Ir3N6O6-3. The van der Waals surface area contributed by atoms with E-state index < -0.39 is 36.6 Å². The number of benzene rings is 9. The number of hydrogen-bond donors (Lipinski definition) is 6. The fraction of sp³-hybridized carbons (Fsp3) is 0.421. The van der Waals surface area contributed by atoms with Gasteiger partial charge in [-0.3, -0.25) is 19.9 Å². The first kappa shape index (κ1) is 113. The second-order valence-corrected chi connectivity index (χ2v) is 42.5. The molecular weight excluding hydrogens is 2130 g/mol. The standard InChI is InChI=1S/C30H31N2.C28H27N2.C23H17N2.3C11H24O2.3Ir/c1-29(2,3)24-16-12-22(13-17-24)27-28(23-14-18-25(19-15-23)30(4,5)6)32-26(20-31-27)21-10-8-7-9-11-21;1-19(2)21-10-14-24(15-11-21)27-28(25-16-12-22(13-17-25)20(3)4)30-26(18-29-27)23-8-6-5-7-9-23;1-17-21(18-11-5-2-6-12-18)25-23(20-15-9-4-10-16-20)22(24-17)19-13-7-3-8-14-19;3*1-10(2,3)8(12)7-9(13)11(4,5)6;;;/h7-12,14-20H,1-6H3;5-14,16-20H,1-4H3;2-13,15-16H,1H3;3*8-9,12-13H,7H2,1-6H3;;;/q3*-1;;;;;;. The van der Waals surface area contributed by atoms with Crippen LogP contribution in [0.5, 0.6) is 0 Å². The van der Waals surface area contributed by atoms with Crippen LogP contribution in [0.1, 0.15) is 253 Å². The van der Waals surface area contributed by atoms with Crippen LogP contribution in [0.3, 0.4) is 0 Å². The largest absolute Gasteiger partial charge is 0.392 e. The third kappa shape index (κ3) is 35.1. The zero-order valence-corrected chi connectivity index (χ0v) is 89.4. The Bertz CT molecular complexity index is 5110. The van der Waals surface area contributed by atoms with Gasteiger partial charge < -0.3 is 40.6 Å². The van der Waals surface area contributed by atoms with Crippen molar-refractivity contribution >= 4 is 0 Å². The van der Waals surface area contributed by atoms with E-state index in [1.165, 1.54) is 22.3 Å². The Kier molecular flexibility index (Phi) is 43.5. The van der Waals surface area contributed by atoms with Crippen molar-refractivity contribution in [1.29, 1.82) is 0 Å². The number of rotatable bonds is 17. The molecule has 0 aliphatic carbocycles. The molecule has 0 spiro atoms. The first-order chi connectivity index (χ1) is 58.6. The minimum Gasteiger partial charge on any atom is -0.392 e. The molecule has 9 aromatic carbocycles. The molecule has 6 unspecified atom stereocenters. The summed E-state index contributed by atoms with van der Waals surface area (Å²) in [6, 6.07) is 89.0. The third-order valence-corrected chi connectivity index (χ3v) is 22.7. The molecule has 12 aromatic rings. The van der Waals surface area contributed by atoms with Gasteiger partial charge in [-0.2, -0.15) is 0 Å². The Morgan fingerprint density at radius 3 is 0.853 bits per heavy atom. The van der Waals surface area contributed by atoms with E-state index in [-0.39, 0.29) is 104 Å². The Morgan fingerprint density at radius 2 is 0.550 bits per heavy atom. The van der Waals surface area contributed by atoms with Crippen molar-refractivity contribution in [2.45, 2.75) is 279 Å². The molecule has 3 radical (unpaired) electrons. The van der Waals surface area contributed by atoms with Gasteiger partial charge >= 0.3 is 0 Å². The zero-order valence-electron chi connectivity index (χ0n) is 82.2. The zero-order chi connectivity index (χ0) is 93.7. The molecule has 699 valence electrons. The van der Waals surface area contributed by atoms with Crippen LogP contribution in [0.2, 0.25) is 0 Å². The van der Waals surface area contributed by atoms with Crippen molar-refractivity contribution in [3.8, 4) is 101 Å². The molecule has 3 heterocycles. The van der Waals surface area contributed by atoms with Crippen molar-refractivity contribution in [3.63, 3.8) is 0 Å². The van der Waals surface area contributed by atoms with Crippen LogP contribution >= 0.6 is 0 Å². The van der Waals surface area contributed by atoms with Crippen LogP contribution in [-0.4, -0.2) is 97.2 Å². The van der Waals surface area contributed by atoms with Crippen molar-refractivity contribution in [2.24, 2.45) is 32.5 Å². The molecule has 0 bridgehead atoms. The normalized spacial score (nSPS) is 13.2. The molecule has 0 saturated heterocycles. The Balaban J connectivity index is 0.000000336. The number of aliphatic hydroxyl groups is 6. The van der Waals surface area contributed by atoms with Gasteiger partial charge in [0.2, 0.25) is 0 Å². The van der Waals surface area contributed by atoms with Gasteiger partial charge in [-0.05, 0) is 84.0 Å². The van der Waals surface area contributed by atoms with Gasteiger partial charge in [0.25, 0.3) is 0 Å². The summed E-state index contributed by atoms with van der Waals surface area (Å²) in [5.74, 6) is 0.974. The number of hydrogen-bond acceptors (Lipinski definition) is 12. The van der Waals surface area contributed by atoms with Crippen LogP contribution in [0, 0.1) is 57.6 Å². The molecule has 12 rings (SSSR count). The Morgan fingerprint density at radius 1 is 0.264 bits per heavy atom. The van der Waals surface area contributed by atoms with E-state index in [0.29, 0.717) is 31.1 Å². The molecule has 3 aromatic heterocycles. The van der Waals surface area contributed by atoms with Gasteiger partial charge in [-0.25, -0.2) is 0 Å². The third-order valence-electron chi connectivity index (χ3n) is 22.7. The minimum absolute atomic E-state index is 0. The fourth-order valence-electron chi connectivity index (χ4n) is 12.9. The molecule has 0 amide bonds. The maximum Gasteiger partial charge on any atom is 0.0902 e. The van der Waals surface area contributed by atoms with E-state index in [4.69, 9.17) is 29.9 Å². The van der Waals surface area contributed by atoms with E-state index in [9.17, 15) is 30.6 Å². The number of aryl methyl sites for hydroxylation is 1. The van der Waals surface area contributed by atoms with Crippen LogP contribution in [0.25, 0.3) is 101 Å². The van der Waals surface area contributed by atoms with Crippen LogP contribution in [0.4, 0.5) is 0 Å². The summed E-state index contributed by atoms with van der Waals surface area (Å²) in [6.07, 6.45) is 2.42. The van der Waals surface area contributed by atoms with Gasteiger partial charge in [0.05, 0.1) is 76.5 Å². The predicted octanol–water partition coefficient (Wildman–Crippen LogP) is 27.5. The predicted molar refractivity (Wildman–Crippen MR) is 528 cm³/mol. The van der Waals surface area contributed by atoms with Gasteiger partial charge in [0.15, 0.2) is 0 Å². The smallest absolute Gasteiger partial charge is 0.0902 e. The summed E-state index contributed by atoms with van der Waals surface area (Å²) >= 11 is 0. The molecule has 129 heavy (non-hydrogen) atoms. The first-order valence-electron chi connectivity index (χ1n) is 44.8. The second-order valence-electron chi connectivity index (χ2n) is 42.5. The van der Waals surface area contributed by atoms with Crippen molar-refractivity contribution in [2.75, 3.05) is 0 Å². The fourth-order valence-corrected chi connectivity index (χ4v) is 12.9. The average molecular weight is 2270 g/mol. The molecule has 6 atom stereocenters. The molecule has 0 fully saturated rings. The topological polar surface area (TPSA) is 199 Å². The molecule has 15 heteroatoms. The second kappa shape index (κ2) is 49.6. The van der Waals surface area contributed by atoms with Gasteiger partial charge in [0, 0.05) is 126 Å². The quantitative estimate of drug-likeness (QED) is 0.0472. The van der Waals surface area contributed by atoms with Gasteiger partial charge in [0.1, 0.15) is 0 Å². The molecule has 0 aliphatic rings. The van der Waals surface area contributed by atoms with Gasteiger partial charge in [-0.15, -0.1) is 107 Å². The van der Waals surface area contributed by atoms with Crippen LogP contribution in [-0.2, 0) is 71.1 Å². The molecule has 6 N–H and O–H groups in total. The molecule has 12 nitrogen and oxygen atoms in total. The number of nitrogens with zero attached hydrogens (tertiary/aromatic N) is 6. The minimum atomic E-state index is -0.443. The summed E-state index contributed by atoms with van der Waals surface area (Å²) in [4.78, 5) is 29.7. The van der Waals surface area contributed by atoms with Crippen molar-refractivity contribution in [1.82, 2.24) is 29.9 Å². The van der Waals surface area contributed by atoms with Crippen LogP contribution in [0.15, 0.2) is 243 Å². The Hall–Kier alpha value is -8.07. The van der Waals surface area contributed by atoms with Crippen LogP contribution < -0.4 is 0 Å². The Labute approximate surface area is 816 Å². The molecule has 0 aliphatic heterocycles. The average Bonchev–Trinajstić information content (AvgIpc) is 0.792.